The molecule has 5 heterocycles. The Morgan fingerprint density at radius 2 is 2.06 bits per heavy atom. The lowest BCUT2D eigenvalue weighted by atomic mass is 10.2. The first-order valence-corrected chi connectivity index (χ1v) is 11.5. The number of halogens is 1. The lowest BCUT2D eigenvalue weighted by molar-refractivity contribution is 0.0920. The normalized spacial score (nSPS) is 11.0. The SMILES string of the molecule is O=C(c1ccco1)n1nc(-c2cccn(Cc3cccnc3)c2=O)cc1NCc1ccc(Cl)s1. The lowest BCUT2D eigenvalue weighted by Crippen LogP contribution is -2.22. The molecule has 0 saturated carbocycles. The van der Waals surface area contributed by atoms with Gasteiger partial charge in [-0.2, -0.15) is 9.78 Å². The van der Waals surface area contributed by atoms with E-state index in [4.69, 9.17) is 16.0 Å². The average Bonchev–Trinajstić information content (AvgIpc) is 3.61. The fourth-order valence-electron chi connectivity index (χ4n) is 3.47. The van der Waals surface area contributed by atoms with E-state index in [2.05, 4.69) is 15.4 Å². The zero-order valence-electron chi connectivity index (χ0n) is 17.7. The van der Waals surface area contributed by atoms with Gasteiger partial charge in [0, 0.05) is 29.5 Å². The number of furan rings is 1. The summed E-state index contributed by atoms with van der Waals surface area (Å²) in [7, 11) is 0. The van der Waals surface area contributed by atoms with Crippen LogP contribution in [0.25, 0.3) is 11.3 Å². The molecule has 0 atom stereocenters. The first kappa shape index (κ1) is 21.9. The fraction of sp³-hybridized carbons (Fsp3) is 0.0833. The maximum absolute atomic E-state index is 13.2. The number of hydrogen-bond acceptors (Lipinski definition) is 7. The van der Waals surface area contributed by atoms with Gasteiger partial charge in [-0.15, -0.1) is 11.3 Å². The van der Waals surface area contributed by atoms with Gasteiger partial charge in [-0.25, -0.2) is 0 Å². The molecule has 8 nitrogen and oxygen atoms in total. The fourth-order valence-corrected chi connectivity index (χ4v) is 4.49. The molecule has 0 unspecified atom stereocenters. The lowest BCUT2D eigenvalue weighted by Gasteiger charge is -2.07. The number of rotatable bonds is 7. The highest BCUT2D eigenvalue weighted by molar-refractivity contribution is 7.16. The zero-order valence-corrected chi connectivity index (χ0v) is 19.3. The Bertz CT molecular complexity index is 1490. The maximum atomic E-state index is 13.2. The second kappa shape index (κ2) is 9.50. The van der Waals surface area contributed by atoms with Crippen LogP contribution in [0.15, 0.2) is 88.7 Å². The summed E-state index contributed by atoms with van der Waals surface area (Å²) in [5.74, 6) is 0.122. The number of nitrogens with zero attached hydrogens (tertiary/aromatic N) is 4. The maximum Gasteiger partial charge on any atom is 0.315 e. The van der Waals surface area contributed by atoms with Gasteiger partial charge in [-0.3, -0.25) is 14.6 Å². The molecule has 34 heavy (non-hydrogen) atoms. The molecule has 1 N–H and O–H groups in total. The highest BCUT2D eigenvalue weighted by Crippen LogP contribution is 2.25. The van der Waals surface area contributed by atoms with E-state index in [0.29, 0.717) is 34.5 Å². The summed E-state index contributed by atoms with van der Waals surface area (Å²) in [5, 5.41) is 7.68. The third-order valence-corrected chi connectivity index (χ3v) is 6.31. The van der Waals surface area contributed by atoms with Crippen molar-refractivity contribution in [2.45, 2.75) is 13.1 Å². The van der Waals surface area contributed by atoms with Crippen LogP contribution in [0.4, 0.5) is 5.82 Å². The Labute approximate surface area is 203 Å². The van der Waals surface area contributed by atoms with Crippen molar-refractivity contribution in [3.8, 4) is 11.3 Å². The van der Waals surface area contributed by atoms with Crippen LogP contribution in [0.1, 0.15) is 21.0 Å². The van der Waals surface area contributed by atoms with Crippen molar-refractivity contribution in [2.24, 2.45) is 0 Å². The van der Waals surface area contributed by atoms with E-state index in [1.807, 2.05) is 24.3 Å². The quantitative estimate of drug-likeness (QED) is 0.352. The zero-order chi connectivity index (χ0) is 23.5. The van der Waals surface area contributed by atoms with Crippen LogP contribution < -0.4 is 10.9 Å². The molecular weight excluding hydrogens is 474 g/mol. The summed E-state index contributed by atoms with van der Waals surface area (Å²) in [6.45, 7) is 0.810. The molecule has 0 spiro atoms. The Morgan fingerprint density at radius 1 is 1.15 bits per heavy atom. The molecule has 0 aliphatic carbocycles. The molecule has 10 heteroatoms. The van der Waals surface area contributed by atoms with E-state index in [-0.39, 0.29) is 11.3 Å². The van der Waals surface area contributed by atoms with Gasteiger partial charge < -0.3 is 14.3 Å². The minimum atomic E-state index is -0.449. The predicted octanol–water partition coefficient (Wildman–Crippen LogP) is 4.76. The van der Waals surface area contributed by atoms with E-state index in [9.17, 15) is 9.59 Å². The molecule has 170 valence electrons. The highest BCUT2D eigenvalue weighted by Gasteiger charge is 2.20. The van der Waals surface area contributed by atoms with E-state index in [1.165, 1.54) is 22.3 Å². The molecule has 0 amide bonds. The molecule has 0 aromatic carbocycles. The number of carbonyl (C=O) groups excluding carboxylic acids is 1. The monoisotopic (exact) mass is 491 g/mol. The third-order valence-electron chi connectivity index (χ3n) is 5.08. The summed E-state index contributed by atoms with van der Waals surface area (Å²) >= 11 is 7.47. The Balaban J connectivity index is 1.51. The van der Waals surface area contributed by atoms with Crippen molar-refractivity contribution in [1.29, 1.82) is 0 Å². The van der Waals surface area contributed by atoms with Crippen LogP contribution >= 0.6 is 22.9 Å². The number of pyridine rings is 2. The first-order valence-electron chi connectivity index (χ1n) is 10.3. The molecule has 0 fully saturated rings. The topological polar surface area (TPSA) is 94.9 Å². The van der Waals surface area contributed by atoms with Gasteiger partial charge in [-0.05, 0) is 48.0 Å². The van der Waals surface area contributed by atoms with Crippen LogP contribution in [0, 0.1) is 0 Å². The van der Waals surface area contributed by atoms with Crippen molar-refractivity contribution >= 4 is 34.7 Å². The van der Waals surface area contributed by atoms with Crippen LogP contribution in [0.2, 0.25) is 4.34 Å². The van der Waals surface area contributed by atoms with Crippen molar-refractivity contribution < 1.29 is 9.21 Å². The third kappa shape index (κ3) is 4.57. The van der Waals surface area contributed by atoms with Crippen LogP contribution in [0.5, 0.6) is 0 Å². The van der Waals surface area contributed by atoms with E-state index in [0.717, 1.165) is 10.4 Å². The summed E-state index contributed by atoms with van der Waals surface area (Å²) in [6.07, 6.45) is 6.54. The van der Waals surface area contributed by atoms with E-state index >= 15 is 0 Å². The van der Waals surface area contributed by atoms with Gasteiger partial charge in [0.2, 0.25) is 0 Å². The molecule has 0 radical (unpaired) electrons. The van der Waals surface area contributed by atoms with Crippen molar-refractivity contribution in [2.75, 3.05) is 5.32 Å². The number of hydrogen-bond donors (Lipinski definition) is 1. The standard InChI is InChI=1S/C24H18ClN5O3S/c25-21-8-7-17(34-21)14-27-22-12-19(28-30(22)24(32)20-6-3-11-33-20)18-5-2-10-29(23(18)31)15-16-4-1-9-26-13-16/h1-13,27H,14-15H2. The van der Waals surface area contributed by atoms with Gasteiger partial charge in [0.1, 0.15) is 11.5 Å². The summed E-state index contributed by atoms with van der Waals surface area (Å²) < 4.78 is 8.74. The summed E-state index contributed by atoms with van der Waals surface area (Å²) in [4.78, 5) is 31.4. The Morgan fingerprint density at radius 3 is 2.79 bits per heavy atom. The molecule has 0 aliphatic heterocycles. The van der Waals surface area contributed by atoms with Gasteiger partial charge >= 0.3 is 5.91 Å². The molecule has 0 saturated heterocycles. The summed E-state index contributed by atoms with van der Waals surface area (Å²) in [5.41, 5.74) is 1.42. The number of thiophene rings is 1. The predicted molar refractivity (Wildman–Crippen MR) is 130 cm³/mol. The van der Waals surface area contributed by atoms with Crippen LogP contribution in [0.3, 0.4) is 0 Å². The number of aromatic nitrogens is 4. The largest absolute Gasteiger partial charge is 0.459 e. The number of nitrogens with one attached hydrogen (secondary N) is 1. The second-order valence-electron chi connectivity index (χ2n) is 7.38. The van der Waals surface area contributed by atoms with Gasteiger partial charge in [-0.1, -0.05) is 17.7 Å². The van der Waals surface area contributed by atoms with Crippen LogP contribution in [-0.4, -0.2) is 25.2 Å². The molecule has 5 rings (SSSR count). The molecule has 5 aromatic rings. The molecular formula is C24H18ClN5O3S. The van der Waals surface area contributed by atoms with Crippen LogP contribution in [-0.2, 0) is 13.1 Å². The first-order chi connectivity index (χ1) is 16.6. The summed E-state index contributed by atoms with van der Waals surface area (Å²) in [6, 6.07) is 15.8. The van der Waals surface area contributed by atoms with E-state index < -0.39 is 5.91 Å². The molecule has 5 aromatic heterocycles. The Hall–Kier alpha value is -3.95. The number of anilines is 1. The minimum Gasteiger partial charge on any atom is -0.459 e. The van der Waals surface area contributed by atoms with E-state index in [1.54, 1.807) is 53.5 Å². The highest BCUT2D eigenvalue weighted by atomic mass is 35.5. The average molecular weight is 492 g/mol. The minimum absolute atomic E-state index is 0.138. The van der Waals surface area contributed by atoms with Crippen molar-refractivity contribution in [3.63, 3.8) is 0 Å². The number of carbonyl (C=O) groups is 1. The van der Waals surface area contributed by atoms with Gasteiger partial charge in [0.25, 0.3) is 5.56 Å². The smallest absolute Gasteiger partial charge is 0.315 e. The van der Waals surface area contributed by atoms with Crippen molar-refractivity contribution in [3.05, 3.63) is 110 Å². The van der Waals surface area contributed by atoms with Gasteiger partial charge in [0.05, 0.1) is 29.3 Å². The van der Waals surface area contributed by atoms with Gasteiger partial charge in [0.15, 0.2) is 5.76 Å². The second-order valence-corrected chi connectivity index (χ2v) is 9.18. The van der Waals surface area contributed by atoms with Crippen molar-refractivity contribution in [1.82, 2.24) is 19.3 Å². The molecule has 0 aliphatic rings. The molecule has 0 bridgehead atoms. The Kier molecular flexibility index (Phi) is 6.11.